The predicted molar refractivity (Wildman–Crippen MR) is 69.4 cm³/mol. The van der Waals surface area contributed by atoms with Gasteiger partial charge in [-0.2, -0.15) is 0 Å². The molecule has 87 valence electrons. The maximum Gasteiger partial charge on any atom is 0.152 e. The van der Waals surface area contributed by atoms with E-state index >= 15 is 0 Å². The van der Waals surface area contributed by atoms with Crippen molar-refractivity contribution in [2.24, 2.45) is 0 Å². The molecule has 1 aromatic heterocycles. The molecule has 1 fully saturated rings. The van der Waals surface area contributed by atoms with Crippen LogP contribution < -0.4 is 4.90 Å². The Bertz CT molecular complexity index is 478. The second kappa shape index (κ2) is 4.85. The molecule has 1 radical (unpaired) electrons. The summed E-state index contributed by atoms with van der Waals surface area (Å²) in [5, 5.41) is 2.04. The summed E-state index contributed by atoms with van der Waals surface area (Å²) in [5.41, 5.74) is 6.35. The maximum atomic E-state index is 5.39. The Morgan fingerprint density at radius 3 is 2.82 bits per heavy atom. The molecule has 0 atom stereocenters. The molecule has 1 saturated heterocycles. The first-order chi connectivity index (χ1) is 8.45. The predicted octanol–water partition coefficient (Wildman–Crippen LogP) is 2.45. The molecule has 0 unspecified atom stereocenters. The van der Waals surface area contributed by atoms with E-state index in [9.17, 15) is 0 Å². The van der Waals surface area contributed by atoms with E-state index in [0.29, 0.717) is 0 Å². The normalized spacial score (nSPS) is 16.1. The summed E-state index contributed by atoms with van der Waals surface area (Å²) in [5.74, 6) is 0. The number of thiazole rings is 1. The first-order valence-corrected chi connectivity index (χ1v) is 6.57. The van der Waals surface area contributed by atoms with Crippen molar-refractivity contribution in [1.29, 1.82) is 0 Å². The Morgan fingerprint density at radius 1 is 1.24 bits per heavy atom. The van der Waals surface area contributed by atoms with Crippen LogP contribution in [0.2, 0.25) is 0 Å². The molecule has 0 spiro atoms. The third-order valence-electron chi connectivity index (χ3n) is 2.92. The van der Waals surface area contributed by atoms with Gasteiger partial charge in [-0.1, -0.05) is 18.2 Å². The second-order valence-corrected chi connectivity index (χ2v) is 4.59. The van der Waals surface area contributed by atoms with Crippen LogP contribution in [0.4, 0.5) is 5.69 Å². The Kier molecular flexibility index (Phi) is 3.07. The molecule has 4 heteroatoms. The average molecular weight is 245 g/mol. The van der Waals surface area contributed by atoms with Crippen LogP contribution in [-0.4, -0.2) is 31.3 Å². The van der Waals surface area contributed by atoms with Crippen LogP contribution in [-0.2, 0) is 4.74 Å². The monoisotopic (exact) mass is 245 g/mol. The van der Waals surface area contributed by atoms with E-state index in [1.807, 2.05) is 5.38 Å². The molecular weight excluding hydrogens is 232 g/mol. The van der Waals surface area contributed by atoms with E-state index in [4.69, 9.17) is 4.74 Å². The van der Waals surface area contributed by atoms with Gasteiger partial charge in [-0.15, -0.1) is 11.3 Å². The highest BCUT2D eigenvalue weighted by Gasteiger charge is 2.15. The average Bonchev–Trinajstić information content (AvgIpc) is 2.94. The van der Waals surface area contributed by atoms with Gasteiger partial charge < -0.3 is 9.64 Å². The van der Waals surface area contributed by atoms with Crippen LogP contribution >= 0.6 is 11.3 Å². The van der Waals surface area contributed by atoms with Crippen LogP contribution in [0.3, 0.4) is 0 Å². The molecule has 17 heavy (non-hydrogen) atoms. The maximum absolute atomic E-state index is 5.39. The first-order valence-electron chi connectivity index (χ1n) is 5.69. The van der Waals surface area contributed by atoms with Gasteiger partial charge in [0, 0.05) is 29.7 Å². The smallest absolute Gasteiger partial charge is 0.152 e. The van der Waals surface area contributed by atoms with Crippen LogP contribution in [0.15, 0.2) is 29.6 Å². The fourth-order valence-electron chi connectivity index (χ4n) is 2.08. The van der Waals surface area contributed by atoms with Gasteiger partial charge in [0.15, 0.2) is 5.51 Å². The Hall–Kier alpha value is -1.39. The largest absolute Gasteiger partial charge is 0.378 e. The summed E-state index contributed by atoms with van der Waals surface area (Å²) in [6.45, 7) is 3.50. The van der Waals surface area contributed by atoms with E-state index in [0.717, 1.165) is 32.0 Å². The molecule has 2 aromatic rings. The lowest BCUT2D eigenvalue weighted by atomic mass is 10.1. The summed E-state index contributed by atoms with van der Waals surface area (Å²) in [6, 6.07) is 8.40. The summed E-state index contributed by atoms with van der Waals surface area (Å²) < 4.78 is 5.39. The van der Waals surface area contributed by atoms with Gasteiger partial charge in [-0.3, -0.25) is 0 Å². The van der Waals surface area contributed by atoms with Crippen molar-refractivity contribution < 1.29 is 4.74 Å². The zero-order chi connectivity index (χ0) is 11.5. The van der Waals surface area contributed by atoms with Gasteiger partial charge in [-0.25, -0.2) is 4.98 Å². The van der Waals surface area contributed by atoms with E-state index in [2.05, 4.69) is 39.7 Å². The number of hydrogen-bond donors (Lipinski definition) is 0. The number of ether oxygens (including phenoxy) is 1. The molecule has 1 aromatic carbocycles. The van der Waals surface area contributed by atoms with Crippen molar-refractivity contribution >= 4 is 17.0 Å². The summed E-state index contributed by atoms with van der Waals surface area (Å²) in [7, 11) is 0. The SMILES string of the molecule is [c]1nc(-c2ccccc2N2CCOCC2)cs1. The van der Waals surface area contributed by atoms with Crippen LogP contribution in [0, 0.1) is 5.51 Å². The van der Waals surface area contributed by atoms with Gasteiger partial charge in [0.25, 0.3) is 0 Å². The van der Waals surface area contributed by atoms with Crippen molar-refractivity contribution in [3.05, 3.63) is 35.2 Å². The third-order valence-corrected chi connectivity index (χ3v) is 3.46. The third kappa shape index (κ3) is 2.18. The number of hydrogen-bond acceptors (Lipinski definition) is 4. The molecule has 0 aliphatic carbocycles. The minimum absolute atomic E-state index is 0.803. The van der Waals surface area contributed by atoms with Gasteiger partial charge in [0.2, 0.25) is 0 Å². The van der Waals surface area contributed by atoms with Gasteiger partial charge in [-0.05, 0) is 6.07 Å². The van der Waals surface area contributed by atoms with E-state index < -0.39 is 0 Å². The van der Waals surface area contributed by atoms with E-state index in [1.165, 1.54) is 22.6 Å². The second-order valence-electron chi connectivity index (χ2n) is 3.94. The lowest BCUT2D eigenvalue weighted by molar-refractivity contribution is 0.123. The Labute approximate surface area is 105 Å². The first kappa shape index (κ1) is 10.7. The highest BCUT2D eigenvalue weighted by Crippen LogP contribution is 2.30. The van der Waals surface area contributed by atoms with Gasteiger partial charge in [0.1, 0.15) is 0 Å². The quantitative estimate of drug-likeness (QED) is 0.812. The van der Waals surface area contributed by atoms with Gasteiger partial charge >= 0.3 is 0 Å². The lowest BCUT2D eigenvalue weighted by Gasteiger charge is -2.30. The van der Waals surface area contributed by atoms with Crippen molar-refractivity contribution in [3.63, 3.8) is 0 Å². The molecule has 1 aliphatic rings. The number of aromatic nitrogens is 1. The van der Waals surface area contributed by atoms with Crippen LogP contribution in [0.25, 0.3) is 11.3 Å². The van der Waals surface area contributed by atoms with E-state index in [-0.39, 0.29) is 0 Å². The van der Waals surface area contributed by atoms with Crippen LogP contribution in [0.1, 0.15) is 0 Å². The minimum Gasteiger partial charge on any atom is -0.378 e. The molecule has 0 amide bonds. The number of nitrogens with zero attached hydrogens (tertiary/aromatic N) is 2. The molecule has 0 saturated carbocycles. The number of para-hydroxylation sites is 1. The Balaban J connectivity index is 1.98. The van der Waals surface area contributed by atoms with E-state index in [1.54, 1.807) is 0 Å². The summed E-state index contributed by atoms with van der Waals surface area (Å²) in [4.78, 5) is 6.64. The van der Waals surface area contributed by atoms with Crippen molar-refractivity contribution in [2.45, 2.75) is 0 Å². The molecular formula is C13H13N2OS. The van der Waals surface area contributed by atoms with Crippen molar-refractivity contribution in [3.8, 4) is 11.3 Å². The van der Waals surface area contributed by atoms with Gasteiger partial charge in [0.05, 0.1) is 18.9 Å². The molecule has 1 aliphatic heterocycles. The minimum atomic E-state index is 0.803. The number of rotatable bonds is 2. The molecule has 3 rings (SSSR count). The van der Waals surface area contributed by atoms with Crippen molar-refractivity contribution in [1.82, 2.24) is 4.98 Å². The zero-order valence-electron chi connectivity index (χ0n) is 9.43. The molecule has 2 heterocycles. The molecule has 3 nitrogen and oxygen atoms in total. The van der Waals surface area contributed by atoms with Crippen LogP contribution in [0.5, 0.6) is 0 Å². The number of anilines is 1. The molecule has 0 bridgehead atoms. The Morgan fingerprint density at radius 2 is 2.06 bits per heavy atom. The summed E-state index contributed by atoms with van der Waals surface area (Å²) in [6.07, 6.45) is 0. The summed E-state index contributed by atoms with van der Waals surface area (Å²) >= 11 is 1.51. The highest BCUT2D eigenvalue weighted by atomic mass is 32.1. The fourth-order valence-corrected chi connectivity index (χ4v) is 2.57. The number of morpholine rings is 1. The lowest BCUT2D eigenvalue weighted by Crippen LogP contribution is -2.36. The van der Waals surface area contributed by atoms with Crippen molar-refractivity contribution in [2.75, 3.05) is 31.2 Å². The zero-order valence-corrected chi connectivity index (χ0v) is 10.2. The highest BCUT2D eigenvalue weighted by molar-refractivity contribution is 7.07. The standard InChI is InChI=1S/C13H13N2OS/c1-2-4-13(15-5-7-16-8-6-15)11(3-1)12-9-17-10-14-12/h1-4,9H,5-8H2. The topological polar surface area (TPSA) is 25.4 Å². The number of benzene rings is 1. The fraction of sp³-hybridized carbons (Fsp3) is 0.308. The molecule has 0 N–H and O–H groups in total.